The Kier molecular flexibility index (Phi) is 6.36. The molecule has 1 fully saturated rings. The molecule has 1 saturated heterocycles. The summed E-state index contributed by atoms with van der Waals surface area (Å²) in [4.78, 5) is 15.7. The molecule has 0 bridgehead atoms. The summed E-state index contributed by atoms with van der Waals surface area (Å²) in [6, 6.07) is 18.9. The summed E-state index contributed by atoms with van der Waals surface area (Å²) in [5, 5.41) is 6.04. The van der Waals surface area contributed by atoms with Gasteiger partial charge in [-0.3, -0.25) is 4.90 Å². The van der Waals surface area contributed by atoms with Crippen molar-refractivity contribution in [1.29, 1.82) is 0 Å². The number of benzene rings is 2. The molecule has 3 rings (SSSR count). The first-order valence-corrected chi connectivity index (χ1v) is 9.89. The highest BCUT2D eigenvalue weighted by atomic mass is 32.2. The predicted octanol–water partition coefficient (Wildman–Crippen LogP) is 3.48. The Morgan fingerprint density at radius 3 is 2.60 bits per heavy atom. The molecule has 132 valence electrons. The summed E-state index contributed by atoms with van der Waals surface area (Å²) < 4.78 is 0. The van der Waals surface area contributed by atoms with Gasteiger partial charge in [-0.2, -0.15) is 0 Å². The first-order chi connectivity index (χ1) is 12.2. The zero-order valence-corrected chi connectivity index (χ0v) is 15.4. The van der Waals surface area contributed by atoms with Crippen LogP contribution < -0.4 is 10.6 Å². The van der Waals surface area contributed by atoms with Crippen LogP contribution in [0.4, 0.5) is 4.79 Å². The largest absolute Gasteiger partial charge is 0.334 e. The third kappa shape index (κ3) is 5.51. The van der Waals surface area contributed by atoms with Gasteiger partial charge >= 0.3 is 6.03 Å². The molecular formula is C20H25N3OS. The number of carbonyl (C=O) groups excluding carboxylic acids is 1. The maximum absolute atomic E-state index is 12.1. The second kappa shape index (κ2) is 8.92. The van der Waals surface area contributed by atoms with E-state index in [2.05, 4.69) is 70.3 Å². The number of likely N-dealkylation sites (tertiary alicyclic amines) is 1. The summed E-state index contributed by atoms with van der Waals surface area (Å²) in [5.74, 6) is 0. The van der Waals surface area contributed by atoms with E-state index in [9.17, 15) is 4.79 Å². The SMILES string of the molecule is CSc1ccc(CNC(=O)NC2CCN(Cc3ccccc3)C2)cc1. The number of urea groups is 1. The van der Waals surface area contributed by atoms with Crippen molar-refractivity contribution in [3.63, 3.8) is 0 Å². The fourth-order valence-corrected chi connectivity index (χ4v) is 3.51. The topological polar surface area (TPSA) is 44.4 Å². The van der Waals surface area contributed by atoms with E-state index in [1.165, 1.54) is 10.5 Å². The number of amides is 2. The Balaban J connectivity index is 1.39. The molecule has 1 aliphatic heterocycles. The molecular weight excluding hydrogens is 330 g/mol. The van der Waals surface area contributed by atoms with E-state index in [4.69, 9.17) is 0 Å². The maximum atomic E-state index is 12.1. The lowest BCUT2D eigenvalue weighted by Gasteiger charge is -2.17. The average molecular weight is 356 g/mol. The molecule has 4 nitrogen and oxygen atoms in total. The molecule has 0 radical (unpaired) electrons. The van der Waals surface area contributed by atoms with Crippen molar-refractivity contribution in [2.45, 2.75) is 30.4 Å². The second-order valence-corrected chi connectivity index (χ2v) is 7.26. The number of nitrogens with zero attached hydrogens (tertiary/aromatic N) is 1. The Morgan fingerprint density at radius 2 is 1.88 bits per heavy atom. The highest BCUT2D eigenvalue weighted by Crippen LogP contribution is 2.15. The molecule has 25 heavy (non-hydrogen) atoms. The van der Waals surface area contributed by atoms with Gasteiger partial charge in [0.05, 0.1) is 0 Å². The van der Waals surface area contributed by atoms with Crippen LogP contribution in [0.25, 0.3) is 0 Å². The summed E-state index contributed by atoms with van der Waals surface area (Å²) in [6.45, 7) is 3.43. The molecule has 0 aromatic heterocycles. The number of thioether (sulfide) groups is 1. The summed E-state index contributed by atoms with van der Waals surface area (Å²) >= 11 is 1.72. The standard InChI is InChI=1S/C20H25N3OS/c1-25-19-9-7-16(8-10-19)13-21-20(24)22-18-11-12-23(15-18)14-17-5-3-2-4-6-17/h2-10,18H,11-15H2,1H3,(H2,21,22,24). The summed E-state index contributed by atoms with van der Waals surface area (Å²) in [6.07, 6.45) is 3.06. The van der Waals surface area contributed by atoms with Crippen molar-refractivity contribution in [1.82, 2.24) is 15.5 Å². The van der Waals surface area contributed by atoms with Gasteiger partial charge < -0.3 is 10.6 Å². The summed E-state index contributed by atoms with van der Waals surface area (Å²) in [5.41, 5.74) is 2.44. The number of nitrogens with one attached hydrogen (secondary N) is 2. The minimum atomic E-state index is -0.0829. The number of rotatable bonds is 6. The molecule has 0 aliphatic carbocycles. The van der Waals surface area contributed by atoms with E-state index in [1.54, 1.807) is 11.8 Å². The van der Waals surface area contributed by atoms with Crippen LogP contribution in [0.3, 0.4) is 0 Å². The van der Waals surface area contributed by atoms with Crippen LogP contribution in [-0.2, 0) is 13.1 Å². The van der Waals surface area contributed by atoms with Crippen molar-refractivity contribution < 1.29 is 4.79 Å². The molecule has 2 aromatic rings. The minimum absolute atomic E-state index is 0.0829. The maximum Gasteiger partial charge on any atom is 0.315 e. The first kappa shape index (κ1) is 17.8. The molecule has 1 heterocycles. The van der Waals surface area contributed by atoms with Crippen molar-refractivity contribution >= 4 is 17.8 Å². The van der Waals surface area contributed by atoms with Gasteiger partial charge in [0.1, 0.15) is 0 Å². The predicted molar refractivity (Wildman–Crippen MR) is 104 cm³/mol. The minimum Gasteiger partial charge on any atom is -0.334 e. The lowest BCUT2D eigenvalue weighted by atomic mass is 10.2. The van der Waals surface area contributed by atoms with Crippen molar-refractivity contribution in [3.8, 4) is 0 Å². The van der Waals surface area contributed by atoms with E-state index in [0.29, 0.717) is 6.54 Å². The van der Waals surface area contributed by atoms with Crippen LogP contribution in [0, 0.1) is 0 Å². The van der Waals surface area contributed by atoms with Gasteiger partial charge in [-0.25, -0.2) is 4.79 Å². The van der Waals surface area contributed by atoms with E-state index in [-0.39, 0.29) is 12.1 Å². The average Bonchev–Trinajstić information content (AvgIpc) is 3.08. The lowest BCUT2D eigenvalue weighted by molar-refractivity contribution is 0.235. The summed E-state index contributed by atoms with van der Waals surface area (Å²) in [7, 11) is 0. The fraction of sp³-hybridized carbons (Fsp3) is 0.350. The van der Waals surface area contributed by atoms with Crippen LogP contribution >= 0.6 is 11.8 Å². The van der Waals surface area contributed by atoms with E-state index < -0.39 is 0 Å². The van der Waals surface area contributed by atoms with Crippen molar-refractivity contribution in [3.05, 3.63) is 65.7 Å². The van der Waals surface area contributed by atoms with Crippen LogP contribution in [0.2, 0.25) is 0 Å². The second-order valence-electron chi connectivity index (χ2n) is 6.38. The van der Waals surface area contributed by atoms with Crippen LogP contribution in [0.5, 0.6) is 0 Å². The zero-order chi connectivity index (χ0) is 17.5. The van der Waals surface area contributed by atoms with Crippen LogP contribution in [0.15, 0.2) is 59.5 Å². The van der Waals surface area contributed by atoms with Crippen LogP contribution in [-0.4, -0.2) is 36.3 Å². The quantitative estimate of drug-likeness (QED) is 0.780. The van der Waals surface area contributed by atoms with Crippen LogP contribution in [0.1, 0.15) is 17.5 Å². The Bertz CT molecular complexity index is 675. The van der Waals surface area contributed by atoms with E-state index >= 15 is 0 Å². The van der Waals surface area contributed by atoms with Gasteiger partial charge in [-0.15, -0.1) is 11.8 Å². The molecule has 5 heteroatoms. The number of carbonyl (C=O) groups is 1. The third-order valence-corrected chi connectivity index (χ3v) is 5.21. The van der Waals surface area contributed by atoms with Gasteiger partial charge in [0.15, 0.2) is 0 Å². The third-order valence-electron chi connectivity index (χ3n) is 4.47. The van der Waals surface area contributed by atoms with Gasteiger partial charge in [0, 0.05) is 37.1 Å². The molecule has 2 amide bonds. The number of hydrogen-bond donors (Lipinski definition) is 2. The van der Waals surface area contributed by atoms with Gasteiger partial charge in [-0.1, -0.05) is 42.5 Å². The smallest absolute Gasteiger partial charge is 0.315 e. The van der Waals surface area contributed by atoms with E-state index in [1.807, 2.05) is 6.07 Å². The molecule has 0 saturated carbocycles. The lowest BCUT2D eigenvalue weighted by Crippen LogP contribution is -2.43. The zero-order valence-electron chi connectivity index (χ0n) is 14.6. The monoisotopic (exact) mass is 355 g/mol. The van der Waals surface area contributed by atoms with Gasteiger partial charge in [0.25, 0.3) is 0 Å². The highest BCUT2D eigenvalue weighted by Gasteiger charge is 2.23. The van der Waals surface area contributed by atoms with Crippen molar-refractivity contribution in [2.24, 2.45) is 0 Å². The normalized spacial score (nSPS) is 17.4. The van der Waals surface area contributed by atoms with Crippen molar-refractivity contribution in [2.75, 3.05) is 19.3 Å². The molecule has 0 spiro atoms. The Hall–Kier alpha value is -1.98. The molecule has 1 aliphatic rings. The molecule has 2 aromatic carbocycles. The van der Waals surface area contributed by atoms with Gasteiger partial charge in [0.2, 0.25) is 0 Å². The Morgan fingerprint density at radius 1 is 1.12 bits per heavy atom. The fourth-order valence-electron chi connectivity index (χ4n) is 3.10. The van der Waals surface area contributed by atoms with E-state index in [0.717, 1.165) is 31.6 Å². The molecule has 1 unspecified atom stereocenters. The highest BCUT2D eigenvalue weighted by molar-refractivity contribution is 7.98. The molecule has 1 atom stereocenters. The van der Waals surface area contributed by atoms with Gasteiger partial charge in [-0.05, 0) is 35.9 Å². The molecule has 2 N–H and O–H groups in total. The first-order valence-electron chi connectivity index (χ1n) is 8.66. The number of hydrogen-bond acceptors (Lipinski definition) is 3. The Labute approximate surface area is 154 Å².